The predicted octanol–water partition coefficient (Wildman–Crippen LogP) is 4.27. The molecule has 0 aliphatic carbocycles. The summed E-state index contributed by atoms with van der Waals surface area (Å²) in [6.45, 7) is 0.608. The highest BCUT2D eigenvalue weighted by Crippen LogP contribution is 2.44. The van der Waals surface area contributed by atoms with Crippen molar-refractivity contribution in [1.29, 1.82) is 0 Å². The van der Waals surface area contributed by atoms with E-state index in [0.29, 0.717) is 43.3 Å². The van der Waals surface area contributed by atoms with Crippen LogP contribution in [-0.4, -0.2) is 51.7 Å². The molecule has 13 heteroatoms. The van der Waals surface area contributed by atoms with Crippen molar-refractivity contribution in [3.63, 3.8) is 0 Å². The highest BCUT2D eigenvalue weighted by Gasteiger charge is 2.46. The Morgan fingerprint density at radius 2 is 1.86 bits per heavy atom. The fourth-order valence-corrected chi connectivity index (χ4v) is 4.82. The van der Waals surface area contributed by atoms with Crippen molar-refractivity contribution < 1.29 is 31.1 Å². The molecule has 7 nitrogen and oxygen atoms in total. The van der Waals surface area contributed by atoms with Crippen LogP contribution in [0.4, 0.5) is 37.8 Å². The number of halogens is 6. The number of anilines is 2. The summed E-state index contributed by atoms with van der Waals surface area (Å²) in [7, 11) is 0. The Labute approximate surface area is 195 Å². The monoisotopic (exact) mass is 498 g/mol. The third-order valence-corrected chi connectivity index (χ3v) is 6.68. The molecule has 0 radical (unpaired) electrons. The molecule has 0 unspecified atom stereocenters. The van der Waals surface area contributed by atoms with E-state index < -0.39 is 35.9 Å². The quantitative estimate of drug-likeness (QED) is 0.503. The number of rotatable bonds is 4. The van der Waals surface area contributed by atoms with Gasteiger partial charge in [-0.05, 0) is 31.0 Å². The van der Waals surface area contributed by atoms with Crippen molar-refractivity contribution in [2.75, 3.05) is 29.4 Å². The van der Waals surface area contributed by atoms with Gasteiger partial charge in [-0.25, -0.2) is 27.8 Å². The molecule has 35 heavy (non-hydrogen) atoms. The average Bonchev–Trinajstić information content (AvgIpc) is 3.33. The average molecular weight is 498 g/mol. The second kappa shape index (κ2) is 8.38. The van der Waals surface area contributed by atoms with E-state index >= 15 is 0 Å². The van der Waals surface area contributed by atoms with Crippen LogP contribution in [0.3, 0.4) is 0 Å². The Bertz CT molecular complexity index is 1270. The summed E-state index contributed by atoms with van der Waals surface area (Å²) < 4.78 is 79.8. The van der Waals surface area contributed by atoms with Crippen LogP contribution in [0.1, 0.15) is 24.8 Å². The summed E-state index contributed by atoms with van der Waals surface area (Å²) >= 11 is 0. The van der Waals surface area contributed by atoms with Crippen LogP contribution in [0, 0.1) is 11.2 Å². The molecule has 0 saturated carbocycles. The molecule has 2 saturated heterocycles. The largest absolute Gasteiger partial charge is 0.416 e. The van der Waals surface area contributed by atoms with Gasteiger partial charge in [0.25, 0.3) is 6.43 Å². The molecule has 2 aliphatic rings. The van der Waals surface area contributed by atoms with Crippen molar-refractivity contribution in [2.24, 2.45) is 5.41 Å². The van der Waals surface area contributed by atoms with Gasteiger partial charge in [0.05, 0.1) is 23.6 Å². The van der Waals surface area contributed by atoms with Gasteiger partial charge < -0.3 is 9.80 Å². The van der Waals surface area contributed by atoms with Crippen molar-refractivity contribution >= 4 is 28.6 Å². The molecule has 0 bridgehead atoms. The van der Waals surface area contributed by atoms with Crippen LogP contribution in [-0.2, 0) is 17.5 Å². The molecule has 3 aromatic rings. The molecule has 1 spiro atoms. The van der Waals surface area contributed by atoms with Gasteiger partial charge >= 0.3 is 6.18 Å². The van der Waals surface area contributed by atoms with Gasteiger partial charge in [0.2, 0.25) is 5.91 Å². The highest BCUT2D eigenvalue weighted by molar-refractivity contribution is 5.96. The van der Waals surface area contributed by atoms with Gasteiger partial charge in [-0.15, -0.1) is 0 Å². The first kappa shape index (κ1) is 23.4. The van der Waals surface area contributed by atoms with Gasteiger partial charge in [0.15, 0.2) is 5.65 Å². The number of carbonyl (C=O) groups excluding carboxylic acids is 1. The topological polar surface area (TPSA) is 67.2 Å². The number of fused-ring (bicyclic) bond motifs is 1. The predicted molar refractivity (Wildman–Crippen MR) is 114 cm³/mol. The minimum atomic E-state index is -4.68. The molecule has 2 aliphatic heterocycles. The van der Waals surface area contributed by atoms with Crippen molar-refractivity contribution in [3.05, 3.63) is 42.0 Å². The fraction of sp³-hybridized carbons (Fsp3) is 0.455. The lowest BCUT2D eigenvalue weighted by Crippen LogP contribution is -2.42. The first-order valence-corrected chi connectivity index (χ1v) is 10.9. The molecule has 1 amide bonds. The highest BCUT2D eigenvalue weighted by atomic mass is 19.4. The number of piperidine rings is 1. The Morgan fingerprint density at radius 1 is 1.11 bits per heavy atom. The molecule has 5 rings (SSSR count). The van der Waals surface area contributed by atoms with Crippen LogP contribution in [0.2, 0.25) is 0 Å². The van der Waals surface area contributed by atoms with Gasteiger partial charge in [-0.1, -0.05) is 0 Å². The Balaban J connectivity index is 1.30. The molecule has 0 atom stereocenters. The summed E-state index contributed by atoms with van der Waals surface area (Å²) in [4.78, 5) is 24.6. The Hall–Kier alpha value is -3.38. The molecule has 1 aromatic carbocycles. The zero-order valence-corrected chi connectivity index (χ0v) is 18.3. The lowest BCUT2D eigenvalue weighted by Gasteiger charge is -2.39. The standard InChI is InChI=1S/C22H20F6N6O/c23-14-7-13(22(26,27)28)1-2-16(14)33-12-21(8-19(33)35)3-5-32(6-4-21)18-10-29-15-9-30-34(11-17(24)25)20(15)31-18/h1-2,7,9-10,17H,3-6,8,11-12H2. The fourth-order valence-electron chi connectivity index (χ4n) is 4.82. The molecular formula is C22H20F6N6O. The first-order chi connectivity index (χ1) is 16.5. The minimum Gasteiger partial charge on any atom is -0.355 e. The SMILES string of the molecule is O=C1CC2(CCN(c3cnc4cnn(CC(F)F)c4n3)CC2)CN1c1ccc(C(F)(F)F)cc1F. The Kier molecular flexibility index (Phi) is 5.59. The summed E-state index contributed by atoms with van der Waals surface area (Å²) in [5, 5.41) is 3.91. The number of benzene rings is 1. The first-order valence-electron chi connectivity index (χ1n) is 10.9. The number of amides is 1. The van der Waals surface area contributed by atoms with Gasteiger partial charge in [0, 0.05) is 31.5 Å². The maximum atomic E-state index is 14.5. The summed E-state index contributed by atoms with van der Waals surface area (Å²) in [6, 6.07) is 2.17. The lowest BCUT2D eigenvalue weighted by molar-refractivity contribution is -0.137. The molecule has 4 heterocycles. The zero-order valence-electron chi connectivity index (χ0n) is 18.3. The van der Waals surface area contributed by atoms with Gasteiger partial charge in [-0.3, -0.25) is 4.79 Å². The molecule has 2 aromatic heterocycles. The van der Waals surface area contributed by atoms with Crippen LogP contribution in [0.15, 0.2) is 30.6 Å². The van der Waals surface area contributed by atoms with Crippen LogP contribution < -0.4 is 9.80 Å². The second-order valence-electron chi connectivity index (χ2n) is 8.96. The number of hydrogen-bond acceptors (Lipinski definition) is 5. The van der Waals surface area contributed by atoms with Gasteiger partial charge in [0.1, 0.15) is 23.7 Å². The van der Waals surface area contributed by atoms with E-state index in [1.54, 1.807) is 6.20 Å². The van der Waals surface area contributed by atoms with E-state index in [-0.39, 0.29) is 30.2 Å². The van der Waals surface area contributed by atoms with E-state index in [0.717, 1.165) is 16.8 Å². The molecule has 2 fully saturated rings. The smallest absolute Gasteiger partial charge is 0.355 e. The van der Waals surface area contributed by atoms with Crippen molar-refractivity contribution in [1.82, 2.24) is 19.7 Å². The molecular weight excluding hydrogens is 478 g/mol. The molecule has 186 valence electrons. The maximum absolute atomic E-state index is 14.5. The minimum absolute atomic E-state index is 0.160. The zero-order chi connectivity index (χ0) is 25.0. The summed E-state index contributed by atoms with van der Waals surface area (Å²) in [6.07, 6.45) is -3.06. The summed E-state index contributed by atoms with van der Waals surface area (Å²) in [5.74, 6) is -0.931. The number of carbonyl (C=O) groups is 1. The van der Waals surface area contributed by atoms with E-state index in [1.807, 2.05) is 4.90 Å². The van der Waals surface area contributed by atoms with E-state index in [1.165, 1.54) is 11.1 Å². The van der Waals surface area contributed by atoms with Crippen LogP contribution in [0.25, 0.3) is 11.2 Å². The van der Waals surface area contributed by atoms with Crippen LogP contribution >= 0.6 is 0 Å². The van der Waals surface area contributed by atoms with Crippen LogP contribution in [0.5, 0.6) is 0 Å². The third kappa shape index (κ3) is 4.39. The van der Waals surface area contributed by atoms with Gasteiger partial charge in [-0.2, -0.15) is 18.3 Å². The van der Waals surface area contributed by atoms with E-state index in [4.69, 9.17) is 0 Å². The summed E-state index contributed by atoms with van der Waals surface area (Å²) in [5.41, 5.74) is -1.06. The normalized spacial score (nSPS) is 18.4. The van der Waals surface area contributed by atoms with Crippen molar-refractivity contribution in [2.45, 2.75) is 38.4 Å². The number of alkyl halides is 5. The maximum Gasteiger partial charge on any atom is 0.416 e. The second-order valence-corrected chi connectivity index (χ2v) is 8.96. The van der Waals surface area contributed by atoms with Crippen molar-refractivity contribution in [3.8, 4) is 0 Å². The Morgan fingerprint density at radius 3 is 2.51 bits per heavy atom. The number of hydrogen-bond donors (Lipinski definition) is 0. The molecule has 0 N–H and O–H groups in total. The van der Waals surface area contributed by atoms with E-state index in [9.17, 15) is 31.1 Å². The third-order valence-electron chi connectivity index (χ3n) is 6.68. The van der Waals surface area contributed by atoms with E-state index in [2.05, 4.69) is 15.1 Å². The lowest BCUT2D eigenvalue weighted by atomic mass is 9.77. The number of nitrogens with zero attached hydrogens (tertiary/aromatic N) is 6. The number of aromatic nitrogens is 4.